The quantitative estimate of drug-likeness (QED) is 0.483. The normalized spacial score (nSPS) is 18.6. The molecule has 0 unspecified atom stereocenters. The molecule has 1 saturated carbocycles. The summed E-state index contributed by atoms with van der Waals surface area (Å²) in [6.07, 6.45) is 10.8. The summed E-state index contributed by atoms with van der Waals surface area (Å²) in [5.41, 5.74) is 1.86. The number of benzene rings is 1. The zero-order chi connectivity index (χ0) is 24.2. The molecule has 2 aliphatic rings. The standard InChI is InChI=1S/C28H38N6O/c1-3-11-21(2)25-30-26(24-20-29-34(27(24)31-25)23-14-8-5-9-15-23)32-16-10-17-33(19-18-32)28(35)22-12-6-4-7-13-22/h5,8-9,14-15,20-22H,3-4,6-7,10-13,16-19H2,1-2H3/t21-/m0/s1. The predicted octanol–water partition coefficient (Wildman–Crippen LogP) is 5.34. The van der Waals surface area contributed by atoms with Gasteiger partial charge in [0.2, 0.25) is 5.91 Å². The van der Waals surface area contributed by atoms with Crippen LogP contribution in [0.2, 0.25) is 0 Å². The molecule has 1 amide bonds. The van der Waals surface area contributed by atoms with Gasteiger partial charge in [0.25, 0.3) is 0 Å². The van der Waals surface area contributed by atoms with Gasteiger partial charge in [-0.25, -0.2) is 14.6 Å². The SMILES string of the molecule is CCC[C@H](C)c1nc(N2CCCN(C(=O)C3CCCCC3)CC2)c2cnn(-c3ccccc3)c2n1. The van der Waals surface area contributed by atoms with Crippen LogP contribution in [0, 0.1) is 5.92 Å². The van der Waals surface area contributed by atoms with E-state index in [1.54, 1.807) is 0 Å². The third kappa shape index (κ3) is 5.04. The zero-order valence-corrected chi connectivity index (χ0v) is 21.2. The van der Waals surface area contributed by atoms with Crippen LogP contribution in [-0.2, 0) is 4.79 Å². The summed E-state index contributed by atoms with van der Waals surface area (Å²) in [6.45, 7) is 7.69. The number of hydrogen-bond donors (Lipinski definition) is 0. The predicted molar refractivity (Wildman–Crippen MR) is 140 cm³/mol. The Morgan fingerprint density at radius 1 is 1.00 bits per heavy atom. The number of carbonyl (C=O) groups excluding carboxylic acids is 1. The molecule has 3 heterocycles. The van der Waals surface area contributed by atoms with Crippen LogP contribution in [0.5, 0.6) is 0 Å². The van der Waals surface area contributed by atoms with Crippen molar-refractivity contribution in [3.63, 3.8) is 0 Å². The van der Waals surface area contributed by atoms with Crippen LogP contribution in [0.1, 0.15) is 77.0 Å². The van der Waals surface area contributed by atoms with Crippen molar-refractivity contribution in [2.45, 2.75) is 71.1 Å². The maximum atomic E-state index is 13.2. The molecule has 1 saturated heterocycles. The van der Waals surface area contributed by atoms with Crippen LogP contribution >= 0.6 is 0 Å². The zero-order valence-electron chi connectivity index (χ0n) is 21.2. The van der Waals surface area contributed by atoms with Crippen molar-refractivity contribution in [2.24, 2.45) is 5.92 Å². The summed E-state index contributed by atoms with van der Waals surface area (Å²) >= 11 is 0. The molecule has 1 aliphatic heterocycles. The minimum absolute atomic E-state index is 0.228. The molecule has 1 atom stereocenters. The molecule has 0 spiro atoms. The van der Waals surface area contributed by atoms with Crippen molar-refractivity contribution in [2.75, 3.05) is 31.1 Å². The molecule has 3 aromatic rings. The van der Waals surface area contributed by atoms with Gasteiger partial charge in [-0.2, -0.15) is 5.10 Å². The summed E-state index contributed by atoms with van der Waals surface area (Å²) in [5, 5.41) is 5.70. The topological polar surface area (TPSA) is 67.2 Å². The Labute approximate surface area is 208 Å². The number of rotatable bonds is 6. The van der Waals surface area contributed by atoms with Crippen molar-refractivity contribution in [3.05, 3.63) is 42.4 Å². The first-order valence-corrected chi connectivity index (χ1v) is 13.5. The molecular weight excluding hydrogens is 436 g/mol. The van der Waals surface area contributed by atoms with Gasteiger partial charge in [0.15, 0.2) is 5.65 Å². The Kier molecular flexibility index (Phi) is 7.30. The molecular formula is C28H38N6O. The fraction of sp³-hybridized carbons (Fsp3) is 0.571. The first kappa shape index (κ1) is 23.8. The van der Waals surface area contributed by atoms with Crippen LogP contribution in [0.4, 0.5) is 5.82 Å². The molecule has 0 radical (unpaired) electrons. The molecule has 0 bridgehead atoms. The van der Waals surface area contributed by atoms with Crippen LogP contribution in [0.15, 0.2) is 36.5 Å². The van der Waals surface area contributed by atoms with Crippen molar-refractivity contribution < 1.29 is 4.79 Å². The largest absolute Gasteiger partial charge is 0.354 e. The lowest BCUT2D eigenvalue weighted by Crippen LogP contribution is -2.39. The van der Waals surface area contributed by atoms with E-state index in [0.717, 1.165) is 86.6 Å². The molecule has 2 fully saturated rings. The second-order valence-electron chi connectivity index (χ2n) is 10.2. The van der Waals surface area contributed by atoms with E-state index >= 15 is 0 Å². The van der Waals surface area contributed by atoms with Crippen molar-refractivity contribution in [1.29, 1.82) is 0 Å². The highest BCUT2D eigenvalue weighted by molar-refractivity contribution is 5.88. The summed E-state index contributed by atoms with van der Waals surface area (Å²) in [7, 11) is 0. The number of anilines is 1. The van der Waals surface area contributed by atoms with Gasteiger partial charge >= 0.3 is 0 Å². The Morgan fingerprint density at radius 3 is 2.57 bits per heavy atom. The van der Waals surface area contributed by atoms with E-state index in [1.807, 2.05) is 29.1 Å². The van der Waals surface area contributed by atoms with E-state index < -0.39 is 0 Å². The lowest BCUT2D eigenvalue weighted by atomic mass is 9.88. The van der Waals surface area contributed by atoms with Crippen molar-refractivity contribution >= 4 is 22.8 Å². The van der Waals surface area contributed by atoms with Crippen LogP contribution in [0.25, 0.3) is 16.7 Å². The highest BCUT2D eigenvalue weighted by Crippen LogP contribution is 2.30. The number of carbonyl (C=O) groups is 1. The van der Waals surface area contributed by atoms with Gasteiger partial charge in [-0.05, 0) is 37.8 Å². The van der Waals surface area contributed by atoms with E-state index in [0.29, 0.717) is 5.91 Å². The second kappa shape index (κ2) is 10.8. The van der Waals surface area contributed by atoms with Gasteiger partial charge in [-0.3, -0.25) is 4.79 Å². The summed E-state index contributed by atoms with van der Waals surface area (Å²) in [4.78, 5) is 27.8. The van der Waals surface area contributed by atoms with Crippen LogP contribution < -0.4 is 4.90 Å². The number of para-hydroxylation sites is 1. The summed E-state index contributed by atoms with van der Waals surface area (Å²) in [6, 6.07) is 10.2. The number of aromatic nitrogens is 4. The molecule has 1 aliphatic carbocycles. The minimum atomic E-state index is 0.228. The lowest BCUT2D eigenvalue weighted by Gasteiger charge is -2.28. The van der Waals surface area contributed by atoms with E-state index in [2.05, 4.69) is 35.8 Å². The lowest BCUT2D eigenvalue weighted by molar-refractivity contribution is -0.136. The van der Waals surface area contributed by atoms with Gasteiger partial charge in [-0.15, -0.1) is 0 Å². The average molecular weight is 475 g/mol. The molecule has 186 valence electrons. The molecule has 1 aromatic carbocycles. The van der Waals surface area contributed by atoms with Gasteiger partial charge < -0.3 is 9.80 Å². The Hall–Kier alpha value is -2.96. The highest BCUT2D eigenvalue weighted by atomic mass is 16.2. The Bertz CT molecular complexity index is 1140. The Morgan fingerprint density at radius 2 is 1.80 bits per heavy atom. The van der Waals surface area contributed by atoms with Gasteiger partial charge in [0, 0.05) is 38.0 Å². The Balaban J connectivity index is 1.45. The first-order chi connectivity index (χ1) is 17.2. The second-order valence-corrected chi connectivity index (χ2v) is 10.2. The first-order valence-electron chi connectivity index (χ1n) is 13.5. The van der Waals surface area contributed by atoms with Gasteiger partial charge in [0.05, 0.1) is 17.3 Å². The van der Waals surface area contributed by atoms with E-state index in [9.17, 15) is 4.79 Å². The van der Waals surface area contributed by atoms with E-state index in [-0.39, 0.29) is 11.8 Å². The third-order valence-corrected chi connectivity index (χ3v) is 7.65. The van der Waals surface area contributed by atoms with Crippen LogP contribution in [0.3, 0.4) is 0 Å². The number of nitrogens with zero attached hydrogens (tertiary/aromatic N) is 6. The van der Waals surface area contributed by atoms with Gasteiger partial charge in [0.1, 0.15) is 11.6 Å². The molecule has 35 heavy (non-hydrogen) atoms. The van der Waals surface area contributed by atoms with Crippen molar-refractivity contribution in [1.82, 2.24) is 24.6 Å². The number of fused-ring (bicyclic) bond motifs is 1. The fourth-order valence-corrected chi connectivity index (χ4v) is 5.65. The molecule has 5 rings (SSSR count). The maximum Gasteiger partial charge on any atom is 0.225 e. The minimum Gasteiger partial charge on any atom is -0.354 e. The van der Waals surface area contributed by atoms with Gasteiger partial charge in [-0.1, -0.05) is 57.7 Å². The number of amides is 1. The average Bonchev–Trinajstić information content (AvgIpc) is 3.18. The fourth-order valence-electron chi connectivity index (χ4n) is 5.65. The summed E-state index contributed by atoms with van der Waals surface area (Å²) < 4.78 is 1.93. The third-order valence-electron chi connectivity index (χ3n) is 7.65. The van der Waals surface area contributed by atoms with Crippen molar-refractivity contribution in [3.8, 4) is 5.69 Å². The number of hydrogen-bond acceptors (Lipinski definition) is 5. The monoisotopic (exact) mass is 474 g/mol. The smallest absolute Gasteiger partial charge is 0.225 e. The maximum absolute atomic E-state index is 13.2. The van der Waals surface area contributed by atoms with E-state index in [1.165, 1.54) is 19.3 Å². The van der Waals surface area contributed by atoms with E-state index in [4.69, 9.17) is 15.1 Å². The highest BCUT2D eigenvalue weighted by Gasteiger charge is 2.29. The molecule has 7 nitrogen and oxygen atoms in total. The van der Waals surface area contributed by atoms with Crippen LogP contribution in [-0.4, -0.2) is 56.7 Å². The molecule has 2 aromatic heterocycles. The molecule has 7 heteroatoms. The summed E-state index contributed by atoms with van der Waals surface area (Å²) in [5.74, 6) is 2.72. The molecule has 0 N–H and O–H groups in total.